The number of nitrogens with zero attached hydrogens (tertiary/aromatic N) is 1. The number of methoxy groups -OCH3 is 1. The first-order valence-electron chi connectivity index (χ1n) is 8.19. The molecule has 126 valence electrons. The molecule has 4 heteroatoms. The summed E-state index contributed by atoms with van der Waals surface area (Å²) in [6.45, 7) is 0. The summed E-state index contributed by atoms with van der Waals surface area (Å²) in [6, 6.07) is 21.5. The van der Waals surface area contributed by atoms with Crippen molar-refractivity contribution in [2.75, 3.05) is 12.4 Å². The van der Waals surface area contributed by atoms with E-state index in [1.54, 1.807) is 13.3 Å². The quantitative estimate of drug-likeness (QED) is 0.731. The third kappa shape index (κ3) is 4.44. The first-order chi connectivity index (χ1) is 12.3. The van der Waals surface area contributed by atoms with Gasteiger partial charge < -0.3 is 10.1 Å². The van der Waals surface area contributed by atoms with Gasteiger partial charge in [0.1, 0.15) is 11.6 Å². The zero-order chi connectivity index (χ0) is 17.5. The standard InChI is InChI=1S/C21H20N2O2/c1-25-19-10-6-5-9-17(19)12-14-21(24)23-20-13-11-18(15-22-20)16-7-3-2-4-8-16/h2-11,13,15H,12,14H2,1H3,(H,22,23,24). The van der Waals surface area contributed by atoms with Crippen molar-refractivity contribution in [1.29, 1.82) is 0 Å². The average Bonchev–Trinajstić information content (AvgIpc) is 2.68. The lowest BCUT2D eigenvalue weighted by molar-refractivity contribution is -0.116. The van der Waals surface area contributed by atoms with Gasteiger partial charge >= 0.3 is 0 Å². The van der Waals surface area contributed by atoms with Crippen LogP contribution in [0.3, 0.4) is 0 Å². The second-order valence-corrected chi connectivity index (χ2v) is 5.66. The minimum Gasteiger partial charge on any atom is -0.496 e. The number of rotatable bonds is 6. The fourth-order valence-corrected chi connectivity index (χ4v) is 2.63. The molecule has 0 aliphatic heterocycles. The monoisotopic (exact) mass is 332 g/mol. The van der Waals surface area contributed by atoms with Crippen molar-refractivity contribution in [2.45, 2.75) is 12.8 Å². The van der Waals surface area contributed by atoms with Crippen molar-refractivity contribution >= 4 is 11.7 Å². The van der Waals surface area contributed by atoms with E-state index in [2.05, 4.69) is 10.3 Å². The Hall–Kier alpha value is -3.14. The van der Waals surface area contributed by atoms with Crippen LogP contribution in [-0.2, 0) is 11.2 Å². The number of hydrogen-bond acceptors (Lipinski definition) is 3. The Kier molecular flexibility index (Phi) is 5.42. The van der Waals surface area contributed by atoms with Gasteiger partial charge in [-0.2, -0.15) is 0 Å². The van der Waals surface area contributed by atoms with E-state index in [0.29, 0.717) is 18.7 Å². The van der Waals surface area contributed by atoms with E-state index in [0.717, 1.165) is 22.4 Å². The lowest BCUT2D eigenvalue weighted by Crippen LogP contribution is -2.13. The highest BCUT2D eigenvalue weighted by Crippen LogP contribution is 2.20. The largest absolute Gasteiger partial charge is 0.496 e. The number of nitrogens with one attached hydrogen (secondary N) is 1. The first-order valence-corrected chi connectivity index (χ1v) is 8.19. The number of hydrogen-bond donors (Lipinski definition) is 1. The van der Waals surface area contributed by atoms with E-state index >= 15 is 0 Å². The fraction of sp³-hybridized carbons (Fsp3) is 0.143. The summed E-state index contributed by atoms with van der Waals surface area (Å²) >= 11 is 0. The van der Waals surface area contributed by atoms with Crippen LogP contribution >= 0.6 is 0 Å². The van der Waals surface area contributed by atoms with Gasteiger partial charge in [-0.1, -0.05) is 48.5 Å². The molecule has 0 spiro atoms. The molecule has 3 rings (SSSR count). The van der Waals surface area contributed by atoms with Crippen LogP contribution < -0.4 is 10.1 Å². The van der Waals surface area contributed by atoms with E-state index in [-0.39, 0.29) is 5.91 Å². The number of aromatic nitrogens is 1. The molecule has 1 N–H and O–H groups in total. The maximum Gasteiger partial charge on any atom is 0.225 e. The van der Waals surface area contributed by atoms with Crippen LogP contribution in [0.25, 0.3) is 11.1 Å². The number of para-hydroxylation sites is 1. The van der Waals surface area contributed by atoms with E-state index in [1.807, 2.05) is 66.7 Å². The summed E-state index contributed by atoms with van der Waals surface area (Å²) in [5, 5.41) is 2.84. The normalized spacial score (nSPS) is 10.3. The zero-order valence-corrected chi connectivity index (χ0v) is 14.1. The third-order valence-electron chi connectivity index (χ3n) is 3.95. The molecule has 0 saturated carbocycles. The predicted octanol–water partition coefficient (Wildman–Crippen LogP) is 4.33. The molecule has 0 fully saturated rings. The van der Waals surface area contributed by atoms with Gasteiger partial charge in [-0.3, -0.25) is 4.79 Å². The second kappa shape index (κ2) is 8.11. The number of carbonyl (C=O) groups is 1. The molecule has 0 saturated heterocycles. The summed E-state index contributed by atoms with van der Waals surface area (Å²) in [7, 11) is 1.64. The van der Waals surface area contributed by atoms with Crippen LogP contribution in [0.15, 0.2) is 72.9 Å². The van der Waals surface area contributed by atoms with Crippen molar-refractivity contribution < 1.29 is 9.53 Å². The van der Waals surface area contributed by atoms with Crippen LogP contribution in [-0.4, -0.2) is 18.0 Å². The highest BCUT2D eigenvalue weighted by molar-refractivity contribution is 5.90. The molecule has 0 unspecified atom stereocenters. The van der Waals surface area contributed by atoms with E-state index in [4.69, 9.17) is 4.74 Å². The Morgan fingerprint density at radius 3 is 2.44 bits per heavy atom. The van der Waals surface area contributed by atoms with Crippen molar-refractivity contribution in [1.82, 2.24) is 4.98 Å². The molecule has 25 heavy (non-hydrogen) atoms. The molecule has 0 aliphatic carbocycles. The van der Waals surface area contributed by atoms with Crippen LogP contribution in [0.2, 0.25) is 0 Å². The minimum atomic E-state index is -0.0640. The number of aryl methyl sites for hydroxylation is 1. The number of benzene rings is 2. The number of anilines is 1. The lowest BCUT2D eigenvalue weighted by atomic mass is 10.1. The SMILES string of the molecule is COc1ccccc1CCC(=O)Nc1ccc(-c2ccccc2)cn1. The maximum atomic E-state index is 12.1. The molecule has 0 bridgehead atoms. The maximum absolute atomic E-state index is 12.1. The molecule has 3 aromatic rings. The number of ether oxygens (including phenoxy) is 1. The van der Waals surface area contributed by atoms with Crippen molar-refractivity contribution in [3.05, 3.63) is 78.5 Å². The molecule has 0 aliphatic rings. The smallest absolute Gasteiger partial charge is 0.225 e. The molecule has 0 radical (unpaired) electrons. The molecule has 1 heterocycles. The van der Waals surface area contributed by atoms with Gasteiger partial charge in [-0.05, 0) is 35.7 Å². The third-order valence-corrected chi connectivity index (χ3v) is 3.95. The zero-order valence-electron chi connectivity index (χ0n) is 14.1. The van der Waals surface area contributed by atoms with Crippen LogP contribution in [0.1, 0.15) is 12.0 Å². The molecular weight excluding hydrogens is 312 g/mol. The molecular formula is C21H20N2O2. The van der Waals surface area contributed by atoms with Gasteiger partial charge in [-0.25, -0.2) is 4.98 Å². The predicted molar refractivity (Wildman–Crippen MR) is 99.6 cm³/mol. The topological polar surface area (TPSA) is 51.2 Å². The van der Waals surface area contributed by atoms with Crippen LogP contribution in [0.4, 0.5) is 5.82 Å². The fourth-order valence-electron chi connectivity index (χ4n) is 2.63. The average molecular weight is 332 g/mol. The van der Waals surface area contributed by atoms with Gasteiger partial charge in [0.15, 0.2) is 0 Å². The summed E-state index contributed by atoms with van der Waals surface area (Å²) in [5.74, 6) is 1.30. The van der Waals surface area contributed by atoms with Crippen LogP contribution in [0.5, 0.6) is 5.75 Å². The van der Waals surface area contributed by atoms with Gasteiger partial charge in [0.2, 0.25) is 5.91 Å². The highest BCUT2D eigenvalue weighted by Gasteiger charge is 2.07. The molecule has 0 atom stereocenters. The molecule has 4 nitrogen and oxygen atoms in total. The van der Waals surface area contributed by atoms with Gasteiger partial charge in [0.25, 0.3) is 0 Å². The van der Waals surface area contributed by atoms with Crippen molar-refractivity contribution in [3.63, 3.8) is 0 Å². The summed E-state index contributed by atoms with van der Waals surface area (Å²) < 4.78 is 5.31. The number of carbonyl (C=O) groups excluding carboxylic acids is 1. The van der Waals surface area contributed by atoms with Gasteiger partial charge in [0, 0.05) is 18.2 Å². The number of amides is 1. The van der Waals surface area contributed by atoms with Crippen LogP contribution in [0, 0.1) is 0 Å². The first kappa shape index (κ1) is 16.7. The van der Waals surface area contributed by atoms with Gasteiger partial charge in [0.05, 0.1) is 7.11 Å². The summed E-state index contributed by atoms with van der Waals surface area (Å²) in [5.41, 5.74) is 3.14. The summed E-state index contributed by atoms with van der Waals surface area (Å²) in [4.78, 5) is 16.5. The Morgan fingerprint density at radius 1 is 0.960 bits per heavy atom. The molecule has 2 aromatic carbocycles. The lowest BCUT2D eigenvalue weighted by Gasteiger charge is -2.08. The highest BCUT2D eigenvalue weighted by atomic mass is 16.5. The van der Waals surface area contributed by atoms with E-state index < -0.39 is 0 Å². The Labute approximate surface area is 147 Å². The number of pyridine rings is 1. The second-order valence-electron chi connectivity index (χ2n) is 5.66. The summed E-state index contributed by atoms with van der Waals surface area (Å²) in [6.07, 6.45) is 2.77. The molecule has 1 aromatic heterocycles. The Balaban J connectivity index is 1.58. The van der Waals surface area contributed by atoms with E-state index in [9.17, 15) is 4.79 Å². The Morgan fingerprint density at radius 2 is 1.72 bits per heavy atom. The van der Waals surface area contributed by atoms with Crippen molar-refractivity contribution in [3.8, 4) is 16.9 Å². The Bertz CT molecular complexity index is 830. The van der Waals surface area contributed by atoms with Crippen molar-refractivity contribution in [2.24, 2.45) is 0 Å². The van der Waals surface area contributed by atoms with E-state index in [1.165, 1.54) is 0 Å². The minimum absolute atomic E-state index is 0.0640. The molecule has 1 amide bonds. The van der Waals surface area contributed by atoms with Gasteiger partial charge in [-0.15, -0.1) is 0 Å².